The molecule has 2 aromatic rings. The molecule has 24 heavy (non-hydrogen) atoms. The fourth-order valence-electron chi connectivity index (χ4n) is 2.19. The zero-order chi connectivity index (χ0) is 17.8. The summed E-state index contributed by atoms with van der Waals surface area (Å²) in [6.45, 7) is 10.5. The largest absolute Gasteiger partial charge is 0.376 e. The maximum atomic E-state index is 12.7. The molecule has 0 spiro atoms. The Hall–Kier alpha value is -1.53. The molecule has 0 aliphatic carbocycles. The van der Waals surface area contributed by atoms with Crippen LogP contribution < -0.4 is 0 Å². The van der Waals surface area contributed by atoms with Crippen LogP contribution in [0.5, 0.6) is 0 Å². The fourth-order valence-corrected chi connectivity index (χ4v) is 3.41. The van der Waals surface area contributed by atoms with E-state index in [2.05, 4.69) is 10.1 Å². The maximum absolute atomic E-state index is 12.7. The molecule has 0 bridgehead atoms. The quantitative estimate of drug-likeness (QED) is 0.766. The second-order valence-electron chi connectivity index (χ2n) is 7.28. The Labute approximate surface area is 146 Å². The summed E-state index contributed by atoms with van der Waals surface area (Å²) in [5.74, 6) is 1.47. The zero-order valence-corrected chi connectivity index (χ0v) is 15.9. The average Bonchev–Trinajstić information content (AvgIpc) is 2.95. The van der Waals surface area contributed by atoms with E-state index in [-0.39, 0.29) is 4.75 Å². The summed E-state index contributed by atoms with van der Waals surface area (Å²) in [6.07, 6.45) is 0. The van der Waals surface area contributed by atoms with Gasteiger partial charge in [-0.15, -0.1) is 0 Å². The minimum atomic E-state index is -1.05. The Morgan fingerprint density at radius 1 is 1.17 bits per heavy atom. The van der Waals surface area contributed by atoms with Crippen molar-refractivity contribution < 1.29 is 13.5 Å². The summed E-state index contributed by atoms with van der Waals surface area (Å²) >= 11 is 0. The summed E-state index contributed by atoms with van der Waals surface area (Å²) < 4.78 is 23.4. The van der Waals surface area contributed by atoms with E-state index in [4.69, 9.17) is 9.26 Å². The molecule has 2 unspecified atom stereocenters. The fraction of sp³-hybridized carbons (Fsp3) is 0.556. The van der Waals surface area contributed by atoms with Crippen molar-refractivity contribution >= 4 is 10.8 Å². The Morgan fingerprint density at radius 3 is 2.38 bits per heavy atom. The van der Waals surface area contributed by atoms with Crippen LogP contribution in [0.1, 0.15) is 45.0 Å². The Morgan fingerprint density at radius 2 is 1.83 bits per heavy atom. The van der Waals surface area contributed by atoms with Crippen molar-refractivity contribution in [2.24, 2.45) is 0 Å². The molecule has 2 rings (SSSR count). The predicted molar refractivity (Wildman–Crippen MR) is 95.2 cm³/mol. The van der Waals surface area contributed by atoms with Gasteiger partial charge >= 0.3 is 0 Å². The number of aromatic nitrogens is 2. The molecule has 2 atom stereocenters. The van der Waals surface area contributed by atoms with Crippen LogP contribution in [-0.4, -0.2) is 31.5 Å². The third kappa shape index (κ3) is 4.98. The van der Waals surface area contributed by atoms with Gasteiger partial charge < -0.3 is 9.26 Å². The summed E-state index contributed by atoms with van der Waals surface area (Å²) in [5, 5.41) is 4.05. The molecule has 1 aromatic heterocycles. The highest BCUT2D eigenvalue weighted by Gasteiger charge is 2.37. The molecule has 132 valence electrons. The van der Waals surface area contributed by atoms with Gasteiger partial charge in [0, 0.05) is 28.2 Å². The van der Waals surface area contributed by atoms with Crippen LogP contribution in [0, 0.1) is 6.92 Å². The lowest BCUT2D eigenvalue weighted by Gasteiger charge is -2.29. The van der Waals surface area contributed by atoms with Crippen molar-refractivity contribution in [2.75, 3.05) is 12.4 Å². The van der Waals surface area contributed by atoms with E-state index in [1.807, 2.05) is 58.0 Å². The van der Waals surface area contributed by atoms with Crippen LogP contribution in [0.15, 0.2) is 34.9 Å². The number of hydrogen-bond donors (Lipinski definition) is 0. The number of ether oxygens (including phenoxy) is 1. The summed E-state index contributed by atoms with van der Waals surface area (Å²) in [4.78, 5) is 4.35. The minimum absolute atomic E-state index is 0.306. The molecule has 1 heterocycles. The van der Waals surface area contributed by atoms with E-state index in [9.17, 15) is 4.21 Å². The van der Waals surface area contributed by atoms with Gasteiger partial charge in [-0.3, -0.25) is 4.21 Å². The number of rotatable bonds is 7. The van der Waals surface area contributed by atoms with E-state index in [0.717, 1.165) is 5.56 Å². The number of nitrogens with zero attached hydrogens (tertiary/aromatic N) is 2. The molecule has 0 aliphatic rings. The maximum Gasteiger partial charge on any atom is 0.223 e. The molecule has 0 saturated heterocycles. The Kier molecular flexibility index (Phi) is 5.93. The molecule has 0 radical (unpaired) electrons. The monoisotopic (exact) mass is 350 g/mol. The molecule has 0 fully saturated rings. The first-order chi connectivity index (χ1) is 11.2. The lowest BCUT2D eigenvalue weighted by atomic mass is 9.93. The van der Waals surface area contributed by atoms with Crippen LogP contribution >= 0.6 is 0 Å². The molecule has 0 aliphatic heterocycles. The van der Waals surface area contributed by atoms with Crippen LogP contribution in [-0.2, 0) is 27.6 Å². The predicted octanol–water partition coefficient (Wildman–Crippen LogP) is 3.40. The van der Waals surface area contributed by atoms with Crippen molar-refractivity contribution in [3.05, 3.63) is 47.6 Å². The number of hydrogen-bond acceptors (Lipinski definition) is 5. The van der Waals surface area contributed by atoms with Gasteiger partial charge in [0.2, 0.25) is 5.89 Å². The van der Waals surface area contributed by atoms with Crippen LogP contribution in [0.2, 0.25) is 0 Å². The van der Waals surface area contributed by atoms with E-state index in [1.54, 1.807) is 6.92 Å². The highest BCUT2D eigenvalue weighted by molar-refractivity contribution is 7.86. The Bertz CT molecular complexity index is 679. The third-order valence-corrected chi connectivity index (χ3v) is 6.00. The minimum Gasteiger partial charge on any atom is -0.376 e. The van der Waals surface area contributed by atoms with Crippen molar-refractivity contribution in [1.82, 2.24) is 10.1 Å². The van der Waals surface area contributed by atoms with Crippen molar-refractivity contribution in [2.45, 2.75) is 51.4 Å². The normalized spacial score (nSPS) is 15.9. The Balaban J connectivity index is 2.12. The third-order valence-electron chi connectivity index (χ3n) is 3.73. The number of benzene rings is 1. The van der Waals surface area contributed by atoms with E-state index in [0.29, 0.717) is 30.7 Å². The topological polar surface area (TPSA) is 65.2 Å². The second kappa shape index (κ2) is 7.57. The van der Waals surface area contributed by atoms with E-state index in [1.165, 1.54) is 0 Å². The highest BCUT2D eigenvalue weighted by Crippen LogP contribution is 2.27. The standard InChI is InChI=1S/C18H26N2O3S/c1-14-19-16(20-23-14)18(5,13-24(21)17(2,3)4)12-22-11-15-9-7-6-8-10-15/h6-10H,11-13H2,1-5H3. The zero-order valence-electron chi connectivity index (χ0n) is 15.0. The average molecular weight is 350 g/mol. The summed E-state index contributed by atoms with van der Waals surface area (Å²) in [7, 11) is -1.05. The van der Waals surface area contributed by atoms with Crippen molar-refractivity contribution in [1.29, 1.82) is 0 Å². The van der Waals surface area contributed by atoms with E-state index < -0.39 is 16.2 Å². The molecule has 0 amide bonds. The first-order valence-corrected chi connectivity index (χ1v) is 9.33. The molecular formula is C18H26N2O3S. The van der Waals surface area contributed by atoms with Crippen LogP contribution in [0.4, 0.5) is 0 Å². The molecular weight excluding hydrogens is 324 g/mol. The van der Waals surface area contributed by atoms with E-state index >= 15 is 0 Å². The summed E-state index contributed by atoms with van der Waals surface area (Å²) in [6, 6.07) is 9.97. The van der Waals surface area contributed by atoms with Gasteiger partial charge in [0.1, 0.15) is 0 Å². The molecule has 0 N–H and O–H groups in total. The van der Waals surface area contributed by atoms with Crippen molar-refractivity contribution in [3.8, 4) is 0 Å². The molecule has 1 aromatic carbocycles. The van der Waals surface area contributed by atoms with Gasteiger partial charge in [-0.05, 0) is 33.3 Å². The molecule has 0 saturated carbocycles. The van der Waals surface area contributed by atoms with Gasteiger partial charge in [0.05, 0.1) is 18.6 Å². The molecule has 5 nitrogen and oxygen atoms in total. The number of aryl methyl sites for hydroxylation is 1. The van der Waals surface area contributed by atoms with Gasteiger partial charge in [0.15, 0.2) is 5.82 Å². The lowest BCUT2D eigenvalue weighted by Crippen LogP contribution is -2.40. The van der Waals surface area contributed by atoms with Crippen molar-refractivity contribution in [3.63, 3.8) is 0 Å². The van der Waals surface area contributed by atoms with Gasteiger partial charge in [0.25, 0.3) is 0 Å². The van der Waals surface area contributed by atoms with Crippen LogP contribution in [0.3, 0.4) is 0 Å². The SMILES string of the molecule is Cc1nc(C(C)(COCc2ccccc2)CS(=O)C(C)(C)C)no1. The summed E-state index contributed by atoms with van der Waals surface area (Å²) in [5.41, 5.74) is 0.533. The van der Waals surface area contributed by atoms with Gasteiger partial charge in [-0.1, -0.05) is 35.5 Å². The highest BCUT2D eigenvalue weighted by atomic mass is 32.2. The van der Waals surface area contributed by atoms with Gasteiger partial charge in [-0.2, -0.15) is 4.98 Å². The second-order valence-corrected chi connectivity index (χ2v) is 9.48. The van der Waals surface area contributed by atoms with Crippen LogP contribution in [0.25, 0.3) is 0 Å². The molecule has 6 heteroatoms. The van der Waals surface area contributed by atoms with Gasteiger partial charge in [-0.25, -0.2) is 0 Å². The first kappa shape index (κ1) is 18.8. The lowest BCUT2D eigenvalue weighted by molar-refractivity contribution is 0.0799. The first-order valence-electron chi connectivity index (χ1n) is 8.02. The smallest absolute Gasteiger partial charge is 0.223 e.